The van der Waals surface area contributed by atoms with Gasteiger partial charge in [-0.15, -0.1) is 0 Å². The second kappa shape index (κ2) is 6.49. The quantitative estimate of drug-likeness (QED) is 0.809. The fraction of sp³-hybridized carbons (Fsp3) is 0.471. The highest BCUT2D eigenvalue weighted by Crippen LogP contribution is 2.40. The minimum atomic E-state index is -0.655. The monoisotopic (exact) mass is 356 g/mol. The lowest BCUT2D eigenvalue weighted by Crippen LogP contribution is -2.54. The Morgan fingerprint density at radius 2 is 2.04 bits per heavy atom. The summed E-state index contributed by atoms with van der Waals surface area (Å²) < 4.78 is 8.20. The maximum absolute atomic E-state index is 12.6. The first-order valence-corrected chi connectivity index (χ1v) is 8.59. The molecule has 2 aromatic rings. The van der Waals surface area contributed by atoms with Gasteiger partial charge in [0.1, 0.15) is 17.1 Å². The molecule has 1 fully saturated rings. The Morgan fingerprint density at radius 1 is 1.23 bits per heavy atom. The summed E-state index contributed by atoms with van der Waals surface area (Å²) in [5.74, 6) is 0.529. The Morgan fingerprint density at radius 3 is 2.73 bits per heavy atom. The predicted octanol–water partition coefficient (Wildman–Crippen LogP) is -0.0506. The molecule has 4 rings (SSSR count). The van der Waals surface area contributed by atoms with Crippen molar-refractivity contribution in [3.8, 4) is 0 Å². The molecule has 0 aliphatic carbocycles. The summed E-state index contributed by atoms with van der Waals surface area (Å²) in [5.41, 5.74) is -0.323. The minimum absolute atomic E-state index is 0.144. The summed E-state index contributed by atoms with van der Waals surface area (Å²) in [6.45, 7) is 1.45. The van der Waals surface area contributed by atoms with Gasteiger partial charge in [-0.05, 0) is 0 Å². The summed E-state index contributed by atoms with van der Waals surface area (Å²) in [6.07, 6.45) is 8.69. The molecule has 1 spiro atoms. The number of aromatic nitrogens is 4. The molecule has 2 amide bonds. The van der Waals surface area contributed by atoms with E-state index in [0.29, 0.717) is 38.2 Å². The van der Waals surface area contributed by atoms with Crippen molar-refractivity contribution in [2.24, 2.45) is 0 Å². The number of ether oxygens (including phenoxy) is 1. The number of amides is 2. The summed E-state index contributed by atoms with van der Waals surface area (Å²) in [4.78, 5) is 39.0. The van der Waals surface area contributed by atoms with E-state index in [4.69, 9.17) is 4.74 Å². The largest absolute Gasteiger partial charge is 0.357 e. The number of nitrogens with one attached hydrogen (secondary N) is 1. The van der Waals surface area contributed by atoms with Crippen molar-refractivity contribution in [1.29, 1.82) is 0 Å². The molecule has 9 nitrogen and oxygen atoms in total. The number of hydrogen-bond acceptors (Lipinski definition) is 6. The van der Waals surface area contributed by atoms with Crippen LogP contribution in [0.15, 0.2) is 31.0 Å². The molecule has 0 bridgehead atoms. The van der Waals surface area contributed by atoms with Crippen LogP contribution in [0, 0.1) is 0 Å². The number of carbonyl (C=O) groups is 2. The molecule has 9 heteroatoms. The highest BCUT2D eigenvalue weighted by Gasteiger charge is 2.47. The number of fused-ring (bicyclic) bond motifs is 2. The lowest BCUT2D eigenvalue weighted by molar-refractivity contribution is -0.171. The van der Waals surface area contributed by atoms with Crippen LogP contribution in [0.4, 0.5) is 0 Å². The molecule has 136 valence electrons. The Kier molecular flexibility index (Phi) is 4.15. The zero-order valence-corrected chi connectivity index (χ0v) is 14.5. The molecule has 1 unspecified atom stereocenters. The summed E-state index contributed by atoms with van der Waals surface area (Å²) in [6, 6.07) is 0. The van der Waals surface area contributed by atoms with Gasteiger partial charge < -0.3 is 19.5 Å². The van der Waals surface area contributed by atoms with Crippen LogP contribution >= 0.6 is 0 Å². The van der Waals surface area contributed by atoms with Crippen LogP contribution in [-0.2, 0) is 21.7 Å². The smallest absolute Gasteiger partial charge is 0.274 e. The lowest BCUT2D eigenvalue weighted by atomic mass is 9.88. The molecule has 0 saturated carbocycles. The van der Waals surface area contributed by atoms with Gasteiger partial charge in [0.2, 0.25) is 0 Å². The molecule has 2 aromatic heterocycles. The zero-order valence-electron chi connectivity index (χ0n) is 14.5. The fourth-order valence-corrected chi connectivity index (χ4v) is 3.68. The molecule has 4 heterocycles. The molecular weight excluding hydrogens is 336 g/mol. The molecular formula is C17H20N6O3. The van der Waals surface area contributed by atoms with Gasteiger partial charge >= 0.3 is 0 Å². The van der Waals surface area contributed by atoms with Crippen molar-refractivity contribution in [2.45, 2.75) is 31.1 Å². The highest BCUT2D eigenvalue weighted by molar-refractivity contribution is 5.92. The van der Waals surface area contributed by atoms with E-state index in [-0.39, 0.29) is 11.8 Å². The van der Waals surface area contributed by atoms with E-state index in [0.717, 1.165) is 5.82 Å². The third-order valence-corrected chi connectivity index (χ3v) is 5.03. The lowest BCUT2D eigenvalue weighted by Gasteiger charge is -2.45. The van der Waals surface area contributed by atoms with E-state index in [1.54, 1.807) is 18.1 Å². The molecule has 2 aliphatic rings. The van der Waals surface area contributed by atoms with Crippen molar-refractivity contribution in [2.75, 3.05) is 20.1 Å². The number of carbonyl (C=O) groups excluding carboxylic acids is 2. The van der Waals surface area contributed by atoms with E-state index in [9.17, 15) is 9.59 Å². The van der Waals surface area contributed by atoms with Gasteiger partial charge in [0, 0.05) is 57.8 Å². The van der Waals surface area contributed by atoms with Crippen LogP contribution in [0.5, 0.6) is 0 Å². The number of likely N-dealkylation sites (N-methyl/N-ethyl adjacent to an activating group) is 1. The van der Waals surface area contributed by atoms with Crippen LogP contribution in [0.1, 0.15) is 29.2 Å². The molecule has 0 radical (unpaired) electrons. The average molecular weight is 356 g/mol. The molecule has 0 aromatic carbocycles. The third-order valence-electron chi connectivity index (χ3n) is 5.03. The van der Waals surface area contributed by atoms with Gasteiger partial charge in [0.15, 0.2) is 6.10 Å². The van der Waals surface area contributed by atoms with Gasteiger partial charge in [-0.25, -0.2) is 9.97 Å². The Labute approximate surface area is 150 Å². The average Bonchev–Trinajstić information content (AvgIpc) is 3.18. The van der Waals surface area contributed by atoms with Crippen molar-refractivity contribution < 1.29 is 14.3 Å². The van der Waals surface area contributed by atoms with Crippen LogP contribution in [0.3, 0.4) is 0 Å². The summed E-state index contributed by atoms with van der Waals surface area (Å²) >= 11 is 0. The molecule has 2 aliphatic heterocycles. The zero-order chi connectivity index (χ0) is 18.1. The number of rotatable bonds is 2. The normalized spacial score (nSPS) is 21.3. The SMILES string of the molecule is CNC(=O)C1Cn2ccnc2C2(CCN(C(=O)c3cnccn3)CC2)O1. The van der Waals surface area contributed by atoms with E-state index in [2.05, 4.69) is 20.3 Å². The predicted molar refractivity (Wildman–Crippen MR) is 90.0 cm³/mol. The molecule has 1 N–H and O–H groups in total. The molecule has 1 atom stereocenters. The highest BCUT2D eigenvalue weighted by atomic mass is 16.5. The second-order valence-corrected chi connectivity index (χ2v) is 6.50. The molecule has 1 saturated heterocycles. The Hall–Kier alpha value is -2.81. The Bertz CT molecular complexity index is 813. The van der Waals surface area contributed by atoms with Crippen molar-refractivity contribution in [3.05, 3.63) is 42.5 Å². The molecule has 26 heavy (non-hydrogen) atoms. The van der Waals surface area contributed by atoms with Gasteiger partial charge in [0.25, 0.3) is 11.8 Å². The fourth-order valence-electron chi connectivity index (χ4n) is 3.68. The van der Waals surface area contributed by atoms with E-state index in [1.807, 2.05) is 10.8 Å². The topological polar surface area (TPSA) is 102 Å². The number of likely N-dealkylation sites (tertiary alicyclic amines) is 1. The first kappa shape index (κ1) is 16.6. The van der Waals surface area contributed by atoms with Crippen molar-refractivity contribution in [1.82, 2.24) is 29.7 Å². The summed E-state index contributed by atoms with van der Waals surface area (Å²) in [5, 5.41) is 2.65. The van der Waals surface area contributed by atoms with E-state index in [1.165, 1.54) is 18.6 Å². The van der Waals surface area contributed by atoms with Crippen molar-refractivity contribution >= 4 is 11.8 Å². The standard InChI is InChI=1S/C17H20N6O3/c1-18-14(24)13-11-23-9-6-21-16(23)17(26-13)2-7-22(8-3-17)15(25)12-10-19-4-5-20-12/h4-6,9-10,13H,2-3,7-8,11H2,1H3,(H,18,24). The number of nitrogens with zero attached hydrogens (tertiary/aromatic N) is 5. The van der Waals surface area contributed by atoms with Gasteiger partial charge in [-0.1, -0.05) is 0 Å². The van der Waals surface area contributed by atoms with Gasteiger partial charge in [-0.3, -0.25) is 14.6 Å². The van der Waals surface area contributed by atoms with Crippen molar-refractivity contribution in [3.63, 3.8) is 0 Å². The first-order valence-electron chi connectivity index (χ1n) is 8.59. The number of imidazole rings is 1. The third kappa shape index (κ3) is 2.74. The number of piperidine rings is 1. The van der Waals surface area contributed by atoms with Crippen LogP contribution in [0.25, 0.3) is 0 Å². The maximum Gasteiger partial charge on any atom is 0.274 e. The Balaban J connectivity index is 1.54. The van der Waals surface area contributed by atoms with Gasteiger partial charge in [0.05, 0.1) is 12.7 Å². The minimum Gasteiger partial charge on any atom is -0.357 e. The van der Waals surface area contributed by atoms with Crippen LogP contribution < -0.4 is 5.32 Å². The summed E-state index contributed by atoms with van der Waals surface area (Å²) in [7, 11) is 1.60. The van der Waals surface area contributed by atoms with Crippen LogP contribution in [0.2, 0.25) is 0 Å². The first-order chi connectivity index (χ1) is 12.6. The van der Waals surface area contributed by atoms with Crippen LogP contribution in [-0.4, -0.2) is 62.5 Å². The van der Waals surface area contributed by atoms with E-state index < -0.39 is 11.7 Å². The number of hydrogen-bond donors (Lipinski definition) is 1. The maximum atomic E-state index is 12.6. The second-order valence-electron chi connectivity index (χ2n) is 6.50. The van der Waals surface area contributed by atoms with Gasteiger partial charge in [-0.2, -0.15) is 0 Å². The van der Waals surface area contributed by atoms with E-state index >= 15 is 0 Å².